The number of nitrogens with one attached hydrogen (secondary N) is 1. The molecule has 0 amide bonds. The average Bonchev–Trinajstić information content (AvgIpc) is 2.34. The quantitative estimate of drug-likeness (QED) is 0.885. The van der Waals surface area contributed by atoms with Crippen molar-refractivity contribution >= 4 is 11.6 Å². The molecule has 118 valence electrons. The summed E-state index contributed by atoms with van der Waals surface area (Å²) in [5.41, 5.74) is 0.850. The largest absolute Gasteiger partial charge is 0.310 e. The van der Waals surface area contributed by atoms with Crippen LogP contribution in [0.5, 0.6) is 0 Å². The van der Waals surface area contributed by atoms with E-state index < -0.39 is 0 Å². The highest BCUT2D eigenvalue weighted by atomic mass is 35.5. The highest BCUT2D eigenvalue weighted by Gasteiger charge is 2.38. The molecule has 1 saturated heterocycles. The molecule has 1 N–H and O–H groups in total. The smallest absolute Gasteiger partial charge is 0.127 e. The molecule has 1 fully saturated rings. The monoisotopic (exact) mass is 312 g/mol. The van der Waals surface area contributed by atoms with Gasteiger partial charge in [-0.1, -0.05) is 32.4 Å². The van der Waals surface area contributed by atoms with Gasteiger partial charge in [-0.2, -0.15) is 0 Å². The molecule has 1 aromatic carbocycles. The molecule has 1 unspecified atom stereocenters. The number of piperazine rings is 1. The average molecular weight is 313 g/mol. The third kappa shape index (κ3) is 3.97. The fourth-order valence-corrected chi connectivity index (χ4v) is 2.94. The van der Waals surface area contributed by atoms with Crippen molar-refractivity contribution in [3.05, 3.63) is 34.6 Å². The summed E-state index contributed by atoms with van der Waals surface area (Å²) in [4.78, 5) is 2.36. The first kappa shape index (κ1) is 16.7. The van der Waals surface area contributed by atoms with Crippen LogP contribution < -0.4 is 5.32 Å². The summed E-state index contributed by atoms with van der Waals surface area (Å²) in [6.45, 7) is 13.5. The van der Waals surface area contributed by atoms with Crippen molar-refractivity contribution in [2.24, 2.45) is 5.41 Å². The lowest BCUT2D eigenvalue weighted by Gasteiger charge is -2.49. The van der Waals surface area contributed by atoms with Gasteiger partial charge in [0.1, 0.15) is 5.82 Å². The van der Waals surface area contributed by atoms with E-state index in [-0.39, 0.29) is 16.8 Å². The summed E-state index contributed by atoms with van der Waals surface area (Å²) in [5.74, 6) is -0.180. The molecular weight excluding hydrogens is 287 g/mol. The summed E-state index contributed by atoms with van der Waals surface area (Å²) >= 11 is 6.01. The van der Waals surface area contributed by atoms with Crippen LogP contribution in [0, 0.1) is 11.2 Å². The van der Waals surface area contributed by atoms with Crippen LogP contribution in [0.25, 0.3) is 0 Å². The van der Waals surface area contributed by atoms with E-state index in [1.807, 2.05) is 0 Å². The highest BCUT2D eigenvalue weighted by molar-refractivity contribution is 6.30. The molecule has 2 nitrogen and oxygen atoms in total. The standard InChI is InChI=1S/C17H26ClFN2/c1-16(2,3)15-10-21(17(4,5)11-20-15)9-12-8-13(18)6-7-14(12)19/h6-8,15,20H,9-11H2,1-5H3. The van der Waals surface area contributed by atoms with Gasteiger partial charge >= 0.3 is 0 Å². The van der Waals surface area contributed by atoms with E-state index in [9.17, 15) is 4.39 Å². The van der Waals surface area contributed by atoms with Crippen molar-refractivity contribution in [2.45, 2.75) is 52.7 Å². The minimum Gasteiger partial charge on any atom is -0.310 e. The molecule has 0 radical (unpaired) electrons. The van der Waals surface area contributed by atoms with Gasteiger partial charge in [0.2, 0.25) is 0 Å². The van der Waals surface area contributed by atoms with Crippen molar-refractivity contribution in [2.75, 3.05) is 13.1 Å². The summed E-state index contributed by atoms with van der Waals surface area (Å²) in [5, 5.41) is 4.22. The van der Waals surface area contributed by atoms with E-state index in [1.54, 1.807) is 12.1 Å². The van der Waals surface area contributed by atoms with Crippen LogP contribution in [0.3, 0.4) is 0 Å². The topological polar surface area (TPSA) is 15.3 Å². The van der Waals surface area contributed by atoms with Gasteiger partial charge in [0.25, 0.3) is 0 Å². The lowest BCUT2D eigenvalue weighted by Crippen LogP contribution is -2.64. The number of nitrogens with zero attached hydrogens (tertiary/aromatic N) is 1. The maximum atomic E-state index is 14.0. The van der Waals surface area contributed by atoms with E-state index in [1.165, 1.54) is 6.07 Å². The minimum absolute atomic E-state index is 0.00346. The van der Waals surface area contributed by atoms with Crippen molar-refractivity contribution in [1.29, 1.82) is 0 Å². The molecule has 1 atom stereocenters. The molecule has 1 aromatic rings. The Labute approximate surface area is 132 Å². The second-order valence-electron chi connectivity index (χ2n) is 7.73. The summed E-state index contributed by atoms with van der Waals surface area (Å²) < 4.78 is 14.0. The molecule has 0 aromatic heterocycles. The Hall–Kier alpha value is -0.640. The second-order valence-corrected chi connectivity index (χ2v) is 8.16. The SMILES string of the molecule is CC(C)(C)C1CN(Cc2cc(Cl)ccc2F)C(C)(C)CN1. The van der Waals surface area contributed by atoms with Gasteiger partial charge in [-0.15, -0.1) is 0 Å². The number of hydrogen-bond acceptors (Lipinski definition) is 2. The second kappa shape index (κ2) is 5.86. The van der Waals surface area contributed by atoms with E-state index in [0.717, 1.165) is 13.1 Å². The number of rotatable bonds is 2. The first-order chi connectivity index (χ1) is 9.59. The Balaban J connectivity index is 2.20. The molecule has 4 heteroatoms. The zero-order chi connectivity index (χ0) is 15.8. The zero-order valence-corrected chi connectivity index (χ0v) is 14.4. The molecule has 0 bridgehead atoms. The van der Waals surface area contributed by atoms with E-state index >= 15 is 0 Å². The zero-order valence-electron chi connectivity index (χ0n) is 13.6. The molecule has 1 aliphatic heterocycles. The lowest BCUT2D eigenvalue weighted by molar-refractivity contribution is 0.0288. The molecule has 21 heavy (non-hydrogen) atoms. The molecule has 1 heterocycles. The predicted octanol–water partition coefficient (Wildman–Crippen LogP) is 4.08. The van der Waals surface area contributed by atoms with Gasteiger partial charge in [-0.3, -0.25) is 4.90 Å². The number of halogens is 2. The molecule has 2 rings (SSSR count). The van der Waals surface area contributed by atoms with Crippen LogP contribution in [0.15, 0.2) is 18.2 Å². The predicted molar refractivity (Wildman–Crippen MR) is 87.1 cm³/mol. The maximum Gasteiger partial charge on any atom is 0.127 e. The Kier molecular flexibility index (Phi) is 4.67. The minimum atomic E-state index is -0.180. The van der Waals surface area contributed by atoms with Crippen molar-refractivity contribution in [1.82, 2.24) is 10.2 Å². The van der Waals surface area contributed by atoms with Crippen LogP contribution in [-0.4, -0.2) is 29.6 Å². The van der Waals surface area contributed by atoms with Crippen LogP contribution in [0.2, 0.25) is 5.02 Å². The Morgan fingerprint density at radius 2 is 2.05 bits per heavy atom. The van der Waals surface area contributed by atoms with Gasteiger partial charge in [-0.25, -0.2) is 4.39 Å². The van der Waals surface area contributed by atoms with Gasteiger partial charge in [-0.05, 0) is 37.5 Å². The lowest BCUT2D eigenvalue weighted by atomic mass is 9.82. The maximum absolute atomic E-state index is 14.0. The fourth-order valence-electron chi connectivity index (χ4n) is 2.75. The Morgan fingerprint density at radius 1 is 1.38 bits per heavy atom. The molecule has 0 spiro atoms. The van der Waals surface area contributed by atoms with E-state index in [0.29, 0.717) is 23.2 Å². The van der Waals surface area contributed by atoms with Crippen LogP contribution >= 0.6 is 11.6 Å². The van der Waals surface area contributed by atoms with Crippen molar-refractivity contribution in [3.8, 4) is 0 Å². The van der Waals surface area contributed by atoms with Crippen LogP contribution in [-0.2, 0) is 6.54 Å². The molecule has 0 aliphatic carbocycles. The first-order valence-corrected chi connectivity index (χ1v) is 7.90. The molecular formula is C17H26ClFN2. The number of benzene rings is 1. The third-order valence-electron chi connectivity index (χ3n) is 4.45. The van der Waals surface area contributed by atoms with Crippen LogP contribution in [0.4, 0.5) is 4.39 Å². The normalized spacial score (nSPS) is 23.3. The van der Waals surface area contributed by atoms with Crippen LogP contribution in [0.1, 0.15) is 40.2 Å². The van der Waals surface area contributed by atoms with Gasteiger partial charge in [0.05, 0.1) is 0 Å². The molecule has 1 aliphatic rings. The van der Waals surface area contributed by atoms with E-state index in [4.69, 9.17) is 11.6 Å². The fraction of sp³-hybridized carbons (Fsp3) is 0.647. The van der Waals surface area contributed by atoms with Gasteiger partial charge < -0.3 is 5.32 Å². The summed E-state index contributed by atoms with van der Waals surface area (Å²) in [6.07, 6.45) is 0. The summed E-state index contributed by atoms with van der Waals surface area (Å²) in [6, 6.07) is 5.18. The van der Waals surface area contributed by atoms with Gasteiger partial charge in [0.15, 0.2) is 0 Å². The Morgan fingerprint density at radius 3 is 2.67 bits per heavy atom. The molecule has 0 saturated carbocycles. The van der Waals surface area contributed by atoms with E-state index in [2.05, 4.69) is 44.8 Å². The van der Waals surface area contributed by atoms with Crippen molar-refractivity contribution < 1.29 is 4.39 Å². The highest BCUT2D eigenvalue weighted by Crippen LogP contribution is 2.29. The Bertz CT molecular complexity index is 508. The van der Waals surface area contributed by atoms with Crippen molar-refractivity contribution in [3.63, 3.8) is 0 Å². The summed E-state index contributed by atoms with van der Waals surface area (Å²) in [7, 11) is 0. The van der Waals surface area contributed by atoms with Gasteiger partial charge in [0, 0.05) is 41.8 Å². The number of hydrogen-bond donors (Lipinski definition) is 1. The third-order valence-corrected chi connectivity index (χ3v) is 4.69. The first-order valence-electron chi connectivity index (χ1n) is 7.52.